The van der Waals surface area contributed by atoms with Gasteiger partial charge in [0.05, 0.1) is 11.4 Å². The zero-order chi connectivity index (χ0) is 21.4. The van der Waals surface area contributed by atoms with Gasteiger partial charge in [-0.2, -0.15) is 0 Å². The van der Waals surface area contributed by atoms with E-state index in [0.29, 0.717) is 18.0 Å². The van der Waals surface area contributed by atoms with Crippen molar-refractivity contribution in [3.63, 3.8) is 0 Å². The summed E-state index contributed by atoms with van der Waals surface area (Å²) in [6.07, 6.45) is 2.00. The molecule has 0 saturated carbocycles. The first-order valence-corrected chi connectivity index (χ1v) is 11.7. The summed E-state index contributed by atoms with van der Waals surface area (Å²) in [7, 11) is 0.929. The molecule has 0 fully saturated rings. The topological polar surface area (TPSA) is 73.8 Å². The average Bonchev–Trinajstić information content (AvgIpc) is 2.66. The van der Waals surface area contributed by atoms with Gasteiger partial charge in [-0.25, -0.2) is 13.4 Å². The van der Waals surface area contributed by atoms with E-state index in [4.69, 9.17) is 4.99 Å². The van der Waals surface area contributed by atoms with Gasteiger partial charge in [-0.15, -0.1) is 0 Å². The summed E-state index contributed by atoms with van der Waals surface area (Å²) in [4.78, 5) is 7.18. The van der Waals surface area contributed by atoms with Gasteiger partial charge >= 0.3 is 0 Å². The fourth-order valence-corrected chi connectivity index (χ4v) is 3.59. The van der Waals surface area contributed by atoms with Crippen LogP contribution in [0.1, 0.15) is 23.6 Å². The summed E-state index contributed by atoms with van der Waals surface area (Å²) in [6, 6.07) is 13.4. The normalized spacial score (nSPS) is 12.0. The van der Waals surface area contributed by atoms with Crippen LogP contribution < -0.4 is 15.5 Å². The van der Waals surface area contributed by atoms with Gasteiger partial charge in [-0.1, -0.05) is 24.3 Å². The van der Waals surface area contributed by atoms with Crippen LogP contribution in [0.4, 0.5) is 5.69 Å². The molecule has 0 aromatic heterocycles. The van der Waals surface area contributed by atoms with Crippen molar-refractivity contribution in [3.8, 4) is 0 Å². The Labute approximate surface area is 175 Å². The second-order valence-corrected chi connectivity index (χ2v) is 9.33. The van der Waals surface area contributed by atoms with E-state index >= 15 is 0 Å². The van der Waals surface area contributed by atoms with Crippen LogP contribution >= 0.6 is 0 Å². The molecule has 7 heteroatoms. The molecule has 2 N–H and O–H groups in total. The number of hydrogen-bond acceptors (Lipinski definition) is 4. The standard InChI is InChI=1S/C22H32N4O2S/c1-6-23-22(25-16-19-10-7-17(2)15-21(19)26(3)4)24-14-13-18-8-11-20(12-9-18)29(5,27)28/h7-12,15H,6,13-14,16H2,1-5H3,(H2,23,24,25). The first-order valence-electron chi connectivity index (χ1n) is 9.78. The van der Waals surface area contributed by atoms with E-state index in [1.54, 1.807) is 12.1 Å². The third kappa shape index (κ3) is 7.09. The van der Waals surface area contributed by atoms with Crippen LogP contribution in [0, 0.1) is 6.92 Å². The zero-order valence-electron chi connectivity index (χ0n) is 18.0. The van der Waals surface area contributed by atoms with Crippen molar-refractivity contribution in [2.75, 3.05) is 38.3 Å². The largest absolute Gasteiger partial charge is 0.377 e. The summed E-state index contributed by atoms with van der Waals surface area (Å²) < 4.78 is 23.1. The molecule has 0 atom stereocenters. The number of nitrogens with zero attached hydrogens (tertiary/aromatic N) is 2. The van der Waals surface area contributed by atoms with E-state index in [2.05, 4.69) is 40.7 Å². The number of aryl methyl sites for hydroxylation is 1. The molecule has 29 heavy (non-hydrogen) atoms. The molecule has 0 unspecified atom stereocenters. The highest BCUT2D eigenvalue weighted by molar-refractivity contribution is 7.90. The number of benzene rings is 2. The second kappa shape index (κ2) is 10.3. The van der Waals surface area contributed by atoms with Gasteiger partial charge in [0, 0.05) is 39.1 Å². The van der Waals surface area contributed by atoms with Gasteiger partial charge < -0.3 is 15.5 Å². The van der Waals surface area contributed by atoms with E-state index in [9.17, 15) is 8.42 Å². The highest BCUT2D eigenvalue weighted by Crippen LogP contribution is 2.21. The second-order valence-electron chi connectivity index (χ2n) is 7.31. The maximum absolute atomic E-state index is 11.6. The zero-order valence-corrected chi connectivity index (χ0v) is 18.8. The third-order valence-corrected chi connectivity index (χ3v) is 5.66. The minimum Gasteiger partial charge on any atom is -0.377 e. The highest BCUT2D eigenvalue weighted by atomic mass is 32.2. The van der Waals surface area contributed by atoms with Crippen molar-refractivity contribution < 1.29 is 8.42 Å². The van der Waals surface area contributed by atoms with Gasteiger partial charge in [0.2, 0.25) is 0 Å². The fraction of sp³-hybridized carbons (Fsp3) is 0.409. The molecular formula is C22H32N4O2S. The molecule has 0 aliphatic rings. The van der Waals surface area contributed by atoms with Gasteiger partial charge in [0.25, 0.3) is 0 Å². The molecule has 0 saturated heterocycles. The van der Waals surface area contributed by atoms with Crippen LogP contribution in [0.2, 0.25) is 0 Å². The fourth-order valence-electron chi connectivity index (χ4n) is 2.96. The Morgan fingerprint density at radius 3 is 2.34 bits per heavy atom. The lowest BCUT2D eigenvalue weighted by Crippen LogP contribution is -2.38. The lowest BCUT2D eigenvalue weighted by Gasteiger charge is -2.18. The maximum Gasteiger partial charge on any atom is 0.191 e. The Kier molecular flexibility index (Phi) is 8.08. The smallest absolute Gasteiger partial charge is 0.191 e. The Balaban J connectivity index is 2.00. The molecule has 0 heterocycles. The molecule has 158 valence electrons. The highest BCUT2D eigenvalue weighted by Gasteiger charge is 2.07. The number of guanidine groups is 1. The molecule has 0 bridgehead atoms. The number of sulfone groups is 1. The SMILES string of the molecule is CCNC(=NCc1ccc(C)cc1N(C)C)NCCc1ccc(S(C)(=O)=O)cc1. The van der Waals surface area contributed by atoms with Crippen LogP contribution in [-0.2, 0) is 22.8 Å². The number of aliphatic imine (C=N–C) groups is 1. The summed E-state index contributed by atoms with van der Waals surface area (Å²) in [5, 5.41) is 6.63. The number of rotatable bonds is 8. The van der Waals surface area contributed by atoms with Crippen molar-refractivity contribution in [1.82, 2.24) is 10.6 Å². The van der Waals surface area contributed by atoms with E-state index in [1.165, 1.54) is 23.1 Å². The van der Waals surface area contributed by atoms with Crippen LogP contribution in [0.15, 0.2) is 52.4 Å². The lowest BCUT2D eigenvalue weighted by molar-refractivity contribution is 0.602. The van der Waals surface area contributed by atoms with Crippen molar-refractivity contribution in [1.29, 1.82) is 0 Å². The predicted molar refractivity (Wildman–Crippen MR) is 122 cm³/mol. The predicted octanol–water partition coefficient (Wildman–Crippen LogP) is 2.76. The van der Waals surface area contributed by atoms with E-state index in [-0.39, 0.29) is 0 Å². The Morgan fingerprint density at radius 2 is 1.76 bits per heavy atom. The molecule has 0 spiro atoms. The van der Waals surface area contributed by atoms with Crippen molar-refractivity contribution in [3.05, 3.63) is 59.2 Å². The molecule has 2 aromatic rings. The van der Waals surface area contributed by atoms with Crippen molar-refractivity contribution in [2.24, 2.45) is 4.99 Å². The Morgan fingerprint density at radius 1 is 1.07 bits per heavy atom. The summed E-state index contributed by atoms with van der Waals surface area (Å²) in [6.45, 7) is 6.21. The van der Waals surface area contributed by atoms with Crippen molar-refractivity contribution in [2.45, 2.75) is 31.7 Å². The maximum atomic E-state index is 11.6. The van der Waals surface area contributed by atoms with Crippen LogP contribution in [-0.4, -0.2) is 47.8 Å². The summed E-state index contributed by atoms with van der Waals surface area (Å²) in [5.41, 5.74) is 4.66. The van der Waals surface area contributed by atoms with Crippen LogP contribution in [0.5, 0.6) is 0 Å². The minimum absolute atomic E-state index is 0.346. The van der Waals surface area contributed by atoms with Crippen LogP contribution in [0.25, 0.3) is 0 Å². The Bertz CT molecular complexity index is 936. The molecule has 0 radical (unpaired) electrons. The van der Waals surface area contributed by atoms with Crippen molar-refractivity contribution >= 4 is 21.5 Å². The van der Waals surface area contributed by atoms with Crippen LogP contribution in [0.3, 0.4) is 0 Å². The number of hydrogen-bond donors (Lipinski definition) is 2. The molecule has 2 aromatic carbocycles. The minimum atomic E-state index is -3.16. The van der Waals surface area contributed by atoms with Gasteiger partial charge in [-0.05, 0) is 55.2 Å². The van der Waals surface area contributed by atoms with Gasteiger partial charge in [-0.3, -0.25) is 0 Å². The number of anilines is 1. The third-order valence-electron chi connectivity index (χ3n) is 4.53. The van der Waals surface area contributed by atoms with Gasteiger partial charge in [0.1, 0.15) is 0 Å². The first kappa shape index (κ1) is 22.7. The molecular weight excluding hydrogens is 384 g/mol. The lowest BCUT2D eigenvalue weighted by atomic mass is 10.1. The Hall–Kier alpha value is -2.54. The van der Waals surface area contributed by atoms with E-state index < -0.39 is 9.84 Å². The molecule has 2 rings (SSSR count). The number of nitrogens with one attached hydrogen (secondary N) is 2. The first-order chi connectivity index (χ1) is 13.7. The summed E-state index contributed by atoms with van der Waals surface area (Å²) >= 11 is 0. The van der Waals surface area contributed by atoms with E-state index in [1.807, 2.05) is 33.2 Å². The average molecular weight is 417 g/mol. The molecule has 6 nitrogen and oxygen atoms in total. The molecule has 0 aliphatic heterocycles. The van der Waals surface area contributed by atoms with Gasteiger partial charge in [0.15, 0.2) is 15.8 Å². The quantitative estimate of drug-likeness (QED) is 0.511. The summed E-state index contributed by atoms with van der Waals surface area (Å²) in [5.74, 6) is 0.769. The monoisotopic (exact) mass is 416 g/mol. The molecule has 0 aliphatic carbocycles. The molecule has 0 amide bonds. The van der Waals surface area contributed by atoms with E-state index in [0.717, 1.165) is 24.5 Å².